The Hall–Kier alpha value is -7.20. The number of aromatic nitrogens is 2. The van der Waals surface area contributed by atoms with Gasteiger partial charge in [0.25, 0.3) is 0 Å². The average Bonchev–Trinajstić information content (AvgIpc) is 3.81. The summed E-state index contributed by atoms with van der Waals surface area (Å²) in [7, 11) is -2.86. The summed E-state index contributed by atoms with van der Waals surface area (Å²) in [5.41, 5.74) is 9.52. The van der Waals surface area contributed by atoms with E-state index in [1.54, 1.807) is 0 Å². The normalized spacial score (nSPS) is 11.9. The molecule has 3 heteroatoms. The minimum absolute atomic E-state index is 1.15. The van der Waals surface area contributed by atoms with Crippen LogP contribution in [0.15, 0.2) is 231 Å². The molecule has 0 amide bonds. The fourth-order valence-electron chi connectivity index (χ4n) is 9.40. The van der Waals surface area contributed by atoms with Crippen molar-refractivity contribution in [2.75, 3.05) is 0 Å². The first-order valence-corrected chi connectivity index (χ1v) is 21.7. The number of hydrogen-bond donors (Lipinski definition) is 0. The van der Waals surface area contributed by atoms with E-state index in [-0.39, 0.29) is 0 Å². The molecule has 0 fully saturated rings. The van der Waals surface area contributed by atoms with E-state index >= 15 is 0 Å². The molecule has 0 saturated carbocycles. The summed E-state index contributed by atoms with van der Waals surface area (Å²) >= 11 is 0. The van der Waals surface area contributed by atoms with Crippen LogP contribution in [0.2, 0.25) is 0 Å². The van der Waals surface area contributed by atoms with Crippen molar-refractivity contribution in [1.82, 2.24) is 9.13 Å². The standard InChI is InChI=1S/C54H38N2Si/c1-5-19-39(20-6-1)40-35-42(37-46(36-40)57(43-21-7-2-8-22-43,44-23-9-3-10-24-44)45-25-11-4-12-26-45)56-53-32-18-15-29-49(53)50-38-41(33-34-54(50)56)55-51-30-16-13-27-47(51)48-28-14-17-31-52(48)55/h1-38H. The van der Waals surface area contributed by atoms with E-state index in [1.165, 1.54) is 75.5 Å². The minimum Gasteiger partial charge on any atom is -0.309 e. The zero-order valence-electron chi connectivity index (χ0n) is 31.3. The Morgan fingerprint density at radius 3 is 1.16 bits per heavy atom. The third-order valence-corrected chi connectivity index (χ3v) is 16.6. The quantitative estimate of drug-likeness (QED) is 0.114. The fourth-order valence-corrected chi connectivity index (χ4v) is 14.2. The summed E-state index contributed by atoms with van der Waals surface area (Å²) in [6.45, 7) is 0. The van der Waals surface area contributed by atoms with Gasteiger partial charge in [0.05, 0.1) is 22.1 Å². The molecule has 0 atom stereocenters. The molecule has 11 rings (SSSR count). The molecule has 0 aliphatic heterocycles. The van der Waals surface area contributed by atoms with Crippen LogP contribution in [-0.2, 0) is 0 Å². The van der Waals surface area contributed by atoms with Crippen molar-refractivity contribution in [3.63, 3.8) is 0 Å². The lowest BCUT2D eigenvalue weighted by atomic mass is 10.0. The van der Waals surface area contributed by atoms with Crippen molar-refractivity contribution in [1.29, 1.82) is 0 Å². The molecule has 2 aromatic heterocycles. The molecular formula is C54H38N2Si. The van der Waals surface area contributed by atoms with Gasteiger partial charge in [0.15, 0.2) is 8.07 Å². The number of benzene rings is 9. The van der Waals surface area contributed by atoms with Gasteiger partial charge in [-0.25, -0.2) is 0 Å². The van der Waals surface area contributed by atoms with Crippen molar-refractivity contribution < 1.29 is 0 Å². The Kier molecular flexibility index (Phi) is 7.87. The molecule has 0 bridgehead atoms. The summed E-state index contributed by atoms with van der Waals surface area (Å²) < 4.78 is 4.92. The van der Waals surface area contributed by atoms with Gasteiger partial charge in [-0.1, -0.05) is 182 Å². The molecule has 0 saturated heterocycles. The van der Waals surface area contributed by atoms with Crippen molar-refractivity contribution in [3.05, 3.63) is 231 Å². The highest BCUT2D eigenvalue weighted by molar-refractivity contribution is 7.20. The number of fused-ring (bicyclic) bond motifs is 6. The highest BCUT2D eigenvalue weighted by Gasteiger charge is 2.42. The predicted octanol–water partition coefficient (Wildman–Crippen LogP) is 10.9. The highest BCUT2D eigenvalue weighted by atomic mass is 28.3. The van der Waals surface area contributed by atoms with Crippen LogP contribution in [0, 0.1) is 0 Å². The van der Waals surface area contributed by atoms with E-state index in [4.69, 9.17) is 0 Å². The summed E-state index contributed by atoms with van der Waals surface area (Å²) in [6, 6.07) is 85.4. The van der Waals surface area contributed by atoms with Crippen LogP contribution >= 0.6 is 0 Å². The molecule has 0 N–H and O–H groups in total. The first-order chi connectivity index (χ1) is 28.3. The van der Waals surface area contributed by atoms with Crippen LogP contribution in [0.5, 0.6) is 0 Å². The molecule has 57 heavy (non-hydrogen) atoms. The van der Waals surface area contributed by atoms with Crippen LogP contribution < -0.4 is 20.7 Å². The van der Waals surface area contributed by atoms with Crippen molar-refractivity contribution in [2.24, 2.45) is 0 Å². The lowest BCUT2D eigenvalue weighted by Gasteiger charge is -2.35. The van der Waals surface area contributed by atoms with Crippen molar-refractivity contribution >= 4 is 72.4 Å². The second-order valence-corrected chi connectivity index (χ2v) is 18.7. The fraction of sp³-hybridized carbons (Fsp3) is 0. The average molecular weight is 743 g/mol. The molecule has 0 radical (unpaired) electrons. The molecule has 9 aromatic carbocycles. The van der Waals surface area contributed by atoms with Gasteiger partial charge in [-0.3, -0.25) is 0 Å². The largest absolute Gasteiger partial charge is 0.309 e. The Balaban J connectivity index is 1.23. The van der Waals surface area contributed by atoms with E-state index in [0.717, 1.165) is 11.4 Å². The van der Waals surface area contributed by atoms with E-state index in [2.05, 4.69) is 240 Å². The molecule has 0 spiro atoms. The SMILES string of the molecule is c1ccc(-c2cc(-n3c4ccccc4c4cc(-n5c6ccccc6c6ccccc65)ccc43)cc([Si](c3ccccc3)(c3ccccc3)c3ccccc3)c2)cc1. The summed E-state index contributed by atoms with van der Waals surface area (Å²) in [4.78, 5) is 0. The molecule has 0 unspecified atom stereocenters. The Morgan fingerprint density at radius 2 is 0.649 bits per heavy atom. The van der Waals surface area contributed by atoms with Gasteiger partial charge in [-0.2, -0.15) is 0 Å². The molecule has 2 heterocycles. The number of nitrogens with zero attached hydrogens (tertiary/aromatic N) is 2. The number of rotatable bonds is 7. The lowest BCUT2D eigenvalue weighted by Crippen LogP contribution is -2.74. The smallest absolute Gasteiger partial charge is 0.179 e. The van der Waals surface area contributed by atoms with Gasteiger partial charge in [-0.15, -0.1) is 0 Å². The predicted molar refractivity (Wildman–Crippen MR) is 244 cm³/mol. The number of hydrogen-bond acceptors (Lipinski definition) is 0. The van der Waals surface area contributed by atoms with Gasteiger partial charge in [0.2, 0.25) is 0 Å². The third kappa shape index (κ3) is 5.24. The monoisotopic (exact) mass is 742 g/mol. The van der Waals surface area contributed by atoms with Crippen LogP contribution in [0.4, 0.5) is 0 Å². The summed E-state index contributed by atoms with van der Waals surface area (Å²) in [5, 5.41) is 10.4. The molecule has 0 aliphatic carbocycles. The second-order valence-electron chi connectivity index (χ2n) is 14.9. The maximum Gasteiger partial charge on any atom is 0.179 e. The third-order valence-electron chi connectivity index (χ3n) is 11.8. The van der Waals surface area contributed by atoms with E-state index < -0.39 is 8.07 Å². The van der Waals surface area contributed by atoms with Gasteiger partial charge >= 0.3 is 0 Å². The summed E-state index contributed by atoms with van der Waals surface area (Å²) in [5.74, 6) is 0. The summed E-state index contributed by atoms with van der Waals surface area (Å²) in [6.07, 6.45) is 0. The zero-order chi connectivity index (χ0) is 37.8. The molecule has 268 valence electrons. The van der Waals surface area contributed by atoms with Crippen LogP contribution in [0.3, 0.4) is 0 Å². The Labute approximate surface area is 333 Å². The van der Waals surface area contributed by atoms with E-state index in [0.29, 0.717) is 0 Å². The zero-order valence-corrected chi connectivity index (χ0v) is 32.3. The second kappa shape index (κ2) is 13.5. The van der Waals surface area contributed by atoms with Gasteiger partial charge in [-0.05, 0) is 80.4 Å². The van der Waals surface area contributed by atoms with Crippen LogP contribution in [-0.4, -0.2) is 17.2 Å². The molecule has 11 aromatic rings. The van der Waals surface area contributed by atoms with Crippen LogP contribution in [0.1, 0.15) is 0 Å². The minimum atomic E-state index is -2.86. The maximum absolute atomic E-state index is 2.86. The highest BCUT2D eigenvalue weighted by Crippen LogP contribution is 2.37. The Bertz CT molecular complexity index is 3070. The van der Waals surface area contributed by atoms with Gasteiger partial charge in [0, 0.05) is 32.9 Å². The first-order valence-electron chi connectivity index (χ1n) is 19.7. The number of para-hydroxylation sites is 3. The van der Waals surface area contributed by atoms with Gasteiger partial charge in [0.1, 0.15) is 0 Å². The maximum atomic E-state index is 2.50. The van der Waals surface area contributed by atoms with E-state index in [9.17, 15) is 0 Å². The van der Waals surface area contributed by atoms with Crippen molar-refractivity contribution in [3.8, 4) is 22.5 Å². The topological polar surface area (TPSA) is 9.86 Å². The van der Waals surface area contributed by atoms with Crippen molar-refractivity contribution in [2.45, 2.75) is 0 Å². The molecule has 2 nitrogen and oxygen atoms in total. The molecule has 0 aliphatic rings. The molecular weight excluding hydrogens is 705 g/mol. The Morgan fingerprint density at radius 1 is 0.246 bits per heavy atom. The van der Waals surface area contributed by atoms with Crippen LogP contribution in [0.25, 0.3) is 66.1 Å². The first kappa shape index (κ1) is 33.2. The van der Waals surface area contributed by atoms with Gasteiger partial charge < -0.3 is 9.13 Å². The lowest BCUT2D eigenvalue weighted by molar-refractivity contribution is 1.17. The van der Waals surface area contributed by atoms with E-state index in [1.807, 2.05) is 0 Å².